The van der Waals surface area contributed by atoms with E-state index in [0.29, 0.717) is 6.42 Å². The minimum Gasteiger partial charge on any atom is -0.341 e. The first-order chi connectivity index (χ1) is 9.30. The first kappa shape index (κ1) is 15.3. The van der Waals surface area contributed by atoms with Crippen molar-refractivity contribution in [1.82, 2.24) is 4.90 Å². The van der Waals surface area contributed by atoms with Gasteiger partial charge in [-0.1, -0.05) is 17.7 Å². The number of carbonyl (C=O) groups is 1. The standard InChI is InChI=1S/C13H15ClFNO3S/c1-16(9-5-6-20(18,19)8-9)13(17)7-10-11(14)3-2-4-12(10)15/h2-4,9H,5-8H2,1H3/t9-/m0/s1. The number of carbonyl (C=O) groups excluding carboxylic acids is 1. The fourth-order valence-electron chi connectivity index (χ4n) is 2.26. The van der Waals surface area contributed by atoms with Gasteiger partial charge in [-0.15, -0.1) is 0 Å². The Kier molecular flexibility index (Phi) is 4.34. The number of halogens is 2. The van der Waals surface area contributed by atoms with Crippen LogP contribution in [-0.4, -0.2) is 43.8 Å². The molecule has 20 heavy (non-hydrogen) atoms. The molecule has 4 nitrogen and oxygen atoms in total. The number of nitrogens with zero attached hydrogens (tertiary/aromatic N) is 1. The molecule has 1 aromatic rings. The third kappa shape index (κ3) is 3.30. The molecule has 1 saturated heterocycles. The van der Waals surface area contributed by atoms with Crippen LogP contribution in [0.1, 0.15) is 12.0 Å². The van der Waals surface area contributed by atoms with Gasteiger partial charge >= 0.3 is 0 Å². The van der Waals surface area contributed by atoms with Crippen molar-refractivity contribution in [3.05, 3.63) is 34.6 Å². The van der Waals surface area contributed by atoms with Crippen molar-refractivity contribution in [3.63, 3.8) is 0 Å². The molecule has 2 rings (SSSR count). The van der Waals surface area contributed by atoms with E-state index in [2.05, 4.69) is 0 Å². The normalized spacial score (nSPS) is 20.9. The van der Waals surface area contributed by atoms with E-state index in [0.717, 1.165) is 0 Å². The van der Waals surface area contributed by atoms with E-state index >= 15 is 0 Å². The Hall–Kier alpha value is -1.14. The van der Waals surface area contributed by atoms with Crippen molar-refractivity contribution in [2.24, 2.45) is 0 Å². The zero-order valence-electron chi connectivity index (χ0n) is 11.0. The molecule has 7 heteroatoms. The lowest BCUT2D eigenvalue weighted by molar-refractivity contribution is -0.130. The second-order valence-electron chi connectivity index (χ2n) is 4.94. The zero-order chi connectivity index (χ0) is 14.9. The molecule has 0 unspecified atom stereocenters. The summed E-state index contributed by atoms with van der Waals surface area (Å²) in [6.45, 7) is 0. The molecule has 1 aliphatic heterocycles. The highest BCUT2D eigenvalue weighted by Crippen LogP contribution is 2.22. The minimum absolute atomic E-state index is 0.0275. The molecule has 0 aliphatic carbocycles. The summed E-state index contributed by atoms with van der Waals surface area (Å²) in [5.74, 6) is -0.798. The van der Waals surface area contributed by atoms with Gasteiger partial charge in [0.2, 0.25) is 5.91 Å². The van der Waals surface area contributed by atoms with Crippen LogP contribution in [-0.2, 0) is 21.1 Å². The van der Waals surface area contributed by atoms with Crippen LogP contribution in [0.4, 0.5) is 4.39 Å². The topological polar surface area (TPSA) is 54.5 Å². The molecule has 1 aromatic carbocycles. The Bertz CT molecular complexity index is 612. The average Bonchev–Trinajstić information content (AvgIpc) is 2.73. The van der Waals surface area contributed by atoms with Gasteiger partial charge in [-0.3, -0.25) is 4.79 Å². The van der Waals surface area contributed by atoms with E-state index in [1.54, 1.807) is 7.05 Å². The molecule has 110 valence electrons. The molecule has 1 amide bonds. The molecule has 0 radical (unpaired) electrons. The first-order valence-electron chi connectivity index (χ1n) is 6.19. The van der Waals surface area contributed by atoms with Crippen LogP contribution in [0.15, 0.2) is 18.2 Å². The van der Waals surface area contributed by atoms with Crippen LogP contribution in [0.25, 0.3) is 0 Å². The van der Waals surface area contributed by atoms with E-state index in [1.807, 2.05) is 0 Å². The average molecular weight is 320 g/mol. The lowest BCUT2D eigenvalue weighted by Crippen LogP contribution is -2.38. The zero-order valence-corrected chi connectivity index (χ0v) is 12.5. The monoisotopic (exact) mass is 319 g/mol. The highest BCUT2D eigenvalue weighted by molar-refractivity contribution is 7.91. The predicted octanol–water partition coefficient (Wildman–Crippen LogP) is 1.67. The summed E-state index contributed by atoms with van der Waals surface area (Å²) in [6.07, 6.45) is 0.258. The fraction of sp³-hybridized carbons (Fsp3) is 0.462. The molecule has 1 heterocycles. The van der Waals surface area contributed by atoms with Crippen molar-refractivity contribution in [2.75, 3.05) is 18.6 Å². The Morgan fingerprint density at radius 1 is 1.50 bits per heavy atom. The van der Waals surface area contributed by atoms with Gasteiger partial charge < -0.3 is 4.90 Å². The number of hydrogen-bond donors (Lipinski definition) is 0. The van der Waals surface area contributed by atoms with Crippen LogP contribution >= 0.6 is 11.6 Å². The van der Waals surface area contributed by atoms with E-state index in [9.17, 15) is 17.6 Å². The van der Waals surface area contributed by atoms with E-state index < -0.39 is 15.7 Å². The second kappa shape index (κ2) is 5.69. The number of likely N-dealkylation sites (N-methyl/N-ethyl adjacent to an activating group) is 1. The van der Waals surface area contributed by atoms with Gasteiger partial charge in [0.05, 0.1) is 17.9 Å². The number of sulfone groups is 1. The Balaban J connectivity index is 2.09. The maximum absolute atomic E-state index is 13.6. The van der Waals surface area contributed by atoms with Crippen molar-refractivity contribution < 1.29 is 17.6 Å². The molecule has 0 spiro atoms. The Morgan fingerprint density at radius 2 is 2.20 bits per heavy atom. The summed E-state index contributed by atoms with van der Waals surface area (Å²) in [5, 5.41) is 0.200. The third-order valence-electron chi connectivity index (χ3n) is 3.54. The highest BCUT2D eigenvalue weighted by Gasteiger charge is 2.32. The third-order valence-corrected chi connectivity index (χ3v) is 5.64. The second-order valence-corrected chi connectivity index (χ2v) is 7.57. The van der Waals surface area contributed by atoms with Gasteiger partial charge in [-0.25, -0.2) is 12.8 Å². The van der Waals surface area contributed by atoms with Gasteiger partial charge in [-0.05, 0) is 18.6 Å². The van der Waals surface area contributed by atoms with Crippen molar-refractivity contribution >= 4 is 27.3 Å². The Morgan fingerprint density at radius 3 is 2.75 bits per heavy atom. The molecule has 0 N–H and O–H groups in total. The first-order valence-corrected chi connectivity index (χ1v) is 8.39. The maximum atomic E-state index is 13.6. The minimum atomic E-state index is -3.06. The summed E-state index contributed by atoms with van der Waals surface area (Å²) in [6, 6.07) is 3.90. The number of hydrogen-bond acceptors (Lipinski definition) is 3. The smallest absolute Gasteiger partial charge is 0.227 e. The summed E-state index contributed by atoms with van der Waals surface area (Å²) >= 11 is 5.88. The summed E-state index contributed by atoms with van der Waals surface area (Å²) in [7, 11) is -1.51. The molecule has 0 saturated carbocycles. The molecule has 0 bridgehead atoms. The molecule has 1 fully saturated rings. The largest absolute Gasteiger partial charge is 0.341 e. The summed E-state index contributed by atoms with van der Waals surface area (Å²) < 4.78 is 36.5. The highest BCUT2D eigenvalue weighted by atomic mass is 35.5. The van der Waals surface area contributed by atoms with E-state index in [-0.39, 0.29) is 40.5 Å². The maximum Gasteiger partial charge on any atom is 0.227 e. The van der Waals surface area contributed by atoms with E-state index in [1.165, 1.54) is 23.1 Å². The Labute approximate surface area is 122 Å². The van der Waals surface area contributed by atoms with Gasteiger partial charge in [0, 0.05) is 23.7 Å². The number of amides is 1. The predicted molar refractivity (Wildman–Crippen MR) is 74.9 cm³/mol. The van der Waals surface area contributed by atoms with Crippen LogP contribution in [0.5, 0.6) is 0 Å². The summed E-state index contributed by atoms with van der Waals surface area (Å²) in [5.41, 5.74) is 0.145. The summed E-state index contributed by atoms with van der Waals surface area (Å²) in [4.78, 5) is 13.5. The molecule has 0 aromatic heterocycles. The van der Waals surface area contributed by atoms with Crippen LogP contribution in [0.3, 0.4) is 0 Å². The van der Waals surface area contributed by atoms with Gasteiger partial charge in [0.15, 0.2) is 9.84 Å². The van der Waals surface area contributed by atoms with Gasteiger partial charge in [0.1, 0.15) is 5.82 Å². The number of rotatable bonds is 3. The van der Waals surface area contributed by atoms with Gasteiger partial charge in [-0.2, -0.15) is 0 Å². The fourth-order valence-corrected chi connectivity index (χ4v) is 4.27. The van der Waals surface area contributed by atoms with Crippen molar-refractivity contribution in [3.8, 4) is 0 Å². The lowest BCUT2D eigenvalue weighted by atomic mass is 10.1. The van der Waals surface area contributed by atoms with Crippen molar-refractivity contribution in [1.29, 1.82) is 0 Å². The lowest BCUT2D eigenvalue weighted by Gasteiger charge is -2.23. The molecule has 1 aliphatic rings. The van der Waals surface area contributed by atoms with Crippen molar-refractivity contribution in [2.45, 2.75) is 18.9 Å². The molecular weight excluding hydrogens is 305 g/mol. The number of benzene rings is 1. The van der Waals surface area contributed by atoms with Crippen LogP contribution in [0, 0.1) is 5.82 Å². The molecule has 1 atom stereocenters. The van der Waals surface area contributed by atoms with Crippen LogP contribution < -0.4 is 0 Å². The van der Waals surface area contributed by atoms with Crippen LogP contribution in [0.2, 0.25) is 5.02 Å². The van der Waals surface area contributed by atoms with E-state index in [4.69, 9.17) is 11.6 Å². The molecular formula is C13H15ClFNO3S. The quantitative estimate of drug-likeness (QED) is 0.851. The SMILES string of the molecule is CN(C(=O)Cc1c(F)cccc1Cl)[C@H]1CCS(=O)(=O)C1. The van der Waals surface area contributed by atoms with Gasteiger partial charge in [0.25, 0.3) is 0 Å².